The predicted molar refractivity (Wildman–Crippen MR) is 107 cm³/mol. The first-order valence-corrected chi connectivity index (χ1v) is 9.55. The van der Waals surface area contributed by atoms with E-state index in [1.54, 1.807) is 6.20 Å². The van der Waals surface area contributed by atoms with Crippen LogP contribution in [0.1, 0.15) is 38.6 Å². The normalized spacial score (nSPS) is 15.6. The molecule has 0 aromatic carbocycles. The number of nitrogens with zero attached hydrogens (tertiary/aromatic N) is 5. The Hall–Kier alpha value is -3.03. The van der Waals surface area contributed by atoms with Gasteiger partial charge in [0.1, 0.15) is 17.1 Å². The Labute approximate surface area is 161 Å². The number of nitrogens with one attached hydrogen (secondary N) is 2. The number of hydrogen-bond donors (Lipinski definition) is 2. The maximum Gasteiger partial charge on any atom is 0.224 e. The summed E-state index contributed by atoms with van der Waals surface area (Å²) in [5.74, 6) is 1.39. The van der Waals surface area contributed by atoms with E-state index in [9.17, 15) is 4.39 Å². The minimum absolute atomic E-state index is 0.255. The van der Waals surface area contributed by atoms with Gasteiger partial charge in [0.05, 0.1) is 12.1 Å². The van der Waals surface area contributed by atoms with E-state index in [4.69, 9.17) is 0 Å². The van der Waals surface area contributed by atoms with E-state index < -0.39 is 5.67 Å². The average Bonchev–Trinajstić information content (AvgIpc) is 3.11. The molecule has 144 valence electrons. The summed E-state index contributed by atoms with van der Waals surface area (Å²) in [5, 5.41) is 3.90. The van der Waals surface area contributed by atoms with Gasteiger partial charge < -0.3 is 14.9 Å². The molecule has 0 aliphatic heterocycles. The number of rotatable bonds is 5. The van der Waals surface area contributed by atoms with Gasteiger partial charge in [-0.15, -0.1) is 0 Å². The Morgan fingerprint density at radius 1 is 1.25 bits per heavy atom. The quantitative estimate of drug-likeness (QED) is 0.544. The number of halogens is 1. The van der Waals surface area contributed by atoms with Gasteiger partial charge in [-0.05, 0) is 39.7 Å². The molecular weight excluding hydrogens is 357 g/mol. The zero-order chi connectivity index (χ0) is 19.5. The Bertz CT molecular complexity index is 1190. The molecule has 0 amide bonds. The number of imidazole rings is 1. The van der Waals surface area contributed by atoms with Crippen LogP contribution in [0.3, 0.4) is 0 Å². The highest BCUT2D eigenvalue weighted by Crippen LogP contribution is 2.39. The van der Waals surface area contributed by atoms with Crippen LogP contribution in [0, 0.1) is 6.92 Å². The zero-order valence-corrected chi connectivity index (χ0v) is 16.1. The molecule has 0 spiro atoms. The van der Waals surface area contributed by atoms with E-state index in [0.717, 1.165) is 33.5 Å². The highest BCUT2D eigenvalue weighted by molar-refractivity contribution is 5.95. The highest BCUT2D eigenvalue weighted by Gasteiger charge is 2.43. The van der Waals surface area contributed by atoms with Crippen LogP contribution >= 0.6 is 0 Å². The zero-order valence-electron chi connectivity index (χ0n) is 16.1. The Morgan fingerprint density at radius 2 is 2.07 bits per heavy atom. The summed E-state index contributed by atoms with van der Waals surface area (Å²) >= 11 is 0. The van der Waals surface area contributed by atoms with Crippen molar-refractivity contribution in [2.75, 3.05) is 11.9 Å². The van der Waals surface area contributed by atoms with Crippen LogP contribution in [0.15, 0.2) is 24.7 Å². The Morgan fingerprint density at radius 3 is 2.82 bits per heavy atom. The number of aromatic amines is 1. The second-order valence-electron chi connectivity index (χ2n) is 7.85. The smallest absolute Gasteiger partial charge is 0.224 e. The van der Waals surface area contributed by atoms with Crippen molar-refractivity contribution in [2.24, 2.45) is 0 Å². The lowest BCUT2D eigenvalue weighted by molar-refractivity contribution is 0.326. The highest BCUT2D eigenvalue weighted by atomic mass is 19.1. The van der Waals surface area contributed by atoms with Gasteiger partial charge >= 0.3 is 0 Å². The van der Waals surface area contributed by atoms with E-state index in [1.165, 1.54) is 0 Å². The maximum absolute atomic E-state index is 13.8. The molecule has 0 radical (unpaired) electrons. The Kier molecular flexibility index (Phi) is 3.65. The van der Waals surface area contributed by atoms with Crippen molar-refractivity contribution in [3.8, 4) is 11.1 Å². The fraction of sp³-hybridized carbons (Fsp3) is 0.400. The second kappa shape index (κ2) is 5.98. The summed E-state index contributed by atoms with van der Waals surface area (Å²) in [4.78, 5) is 21.1. The van der Waals surface area contributed by atoms with Gasteiger partial charge in [0.2, 0.25) is 5.95 Å². The number of fused-ring (bicyclic) bond motifs is 2. The molecule has 0 unspecified atom stereocenters. The van der Waals surface area contributed by atoms with Crippen LogP contribution in [0.5, 0.6) is 0 Å². The van der Waals surface area contributed by atoms with E-state index >= 15 is 0 Å². The lowest BCUT2D eigenvalue weighted by Crippen LogP contribution is -2.17. The molecule has 7 nitrogen and oxygen atoms in total. The van der Waals surface area contributed by atoms with Gasteiger partial charge in [0, 0.05) is 41.1 Å². The molecule has 28 heavy (non-hydrogen) atoms. The minimum atomic E-state index is -1.09. The molecule has 4 aromatic rings. The molecule has 2 N–H and O–H groups in total. The third-order valence-corrected chi connectivity index (χ3v) is 5.34. The second-order valence-corrected chi connectivity index (χ2v) is 7.85. The van der Waals surface area contributed by atoms with Crippen LogP contribution < -0.4 is 5.32 Å². The number of pyridine rings is 1. The van der Waals surface area contributed by atoms with Gasteiger partial charge in [-0.1, -0.05) is 0 Å². The van der Waals surface area contributed by atoms with E-state index in [0.29, 0.717) is 30.5 Å². The summed E-state index contributed by atoms with van der Waals surface area (Å²) in [6.45, 7) is 6.53. The van der Waals surface area contributed by atoms with E-state index in [2.05, 4.69) is 54.7 Å². The summed E-state index contributed by atoms with van der Waals surface area (Å²) < 4.78 is 16.0. The topological polar surface area (TPSA) is 84.3 Å². The lowest BCUT2D eigenvalue weighted by atomic mass is 10.1. The van der Waals surface area contributed by atoms with Gasteiger partial charge in [-0.25, -0.2) is 19.3 Å². The molecule has 1 aliphatic carbocycles. The summed E-state index contributed by atoms with van der Waals surface area (Å²) in [6.07, 6.45) is 6.72. The van der Waals surface area contributed by atoms with Crippen molar-refractivity contribution in [1.82, 2.24) is 29.5 Å². The van der Waals surface area contributed by atoms with E-state index in [-0.39, 0.29) is 6.54 Å². The van der Waals surface area contributed by atoms with Crippen molar-refractivity contribution in [1.29, 1.82) is 0 Å². The first-order valence-electron chi connectivity index (χ1n) is 9.55. The van der Waals surface area contributed by atoms with E-state index in [1.807, 2.05) is 19.3 Å². The fourth-order valence-corrected chi connectivity index (χ4v) is 3.67. The van der Waals surface area contributed by atoms with Crippen molar-refractivity contribution in [2.45, 2.75) is 45.3 Å². The number of hydrogen-bond acceptors (Lipinski definition) is 5. The molecule has 4 aromatic heterocycles. The number of aromatic nitrogens is 6. The van der Waals surface area contributed by atoms with Crippen LogP contribution in [-0.4, -0.2) is 41.7 Å². The first kappa shape index (κ1) is 17.1. The van der Waals surface area contributed by atoms with Crippen LogP contribution in [-0.2, 0) is 0 Å². The van der Waals surface area contributed by atoms with Crippen LogP contribution in [0.25, 0.3) is 33.3 Å². The maximum atomic E-state index is 13.8. The summed E-state index contributed by atoms with van der Waals surface area (Å²) in [5.41, 5.74) is 3.34. The average molecular weight is 379 g/mol. The van der Waals surface area contributed by atoms with Gasteiger partial charge in [0.15, 0.2) is 5.65 Å². The third-order valence-electron chi connectivity index (χ3n) is 5.34. The molecule has 1 fully saturated rings. The summed E-state index contributed by atoms with van der Waals surface area (Å²) in [7, 11) is 0. The lowest BCUT2D eigenvalue weighted by Gasteiger charge is -2.11. The number of anilines is 1. The molecular formula is C20H22FN7. The minimum Gasteiger partial charge on any atom is -0.351 e. The number of alkyl halides is 1. The SMILES string of the molecule is Cc1nc2ncc(-c3c[nH]c4nc(NCC5(F)CC5)ncc34)cc2n1C(C)C. The molecule has 5 rings (SSSR count). The largest absolute Gasteiger partial charge is 0.351 e. The molecule has 1 aliphatic rings. The molecule has 1 saturated carbocycles. The van der Waals surface area contributed by atoms with Gasteiger partial charge in [-0.2, -0.15) is 4.98 Å². The fourth-order valence-electron chi connectivity index (χ4n) is 3.67. The van der Waals surface area contributed by atoms with Crippen molar-refractivity contribution in [3.05, 3.63) is 30.5 Å². The molecule has 0 saturated heterocycles. The van der Waals surface area contributed by atoms with Crippen molar-refractivity contribution in [3.63, 3.8) is 0 Å². The Balaban J connectivity index is 1.52. The van der Waals surface area contributed by atoms with Crippen LogP contribution in [0.2, 0.25) is 0 Å². The standard InChI is InChI=1S/C20H22FN7/c1-11(2)28-12(3)26-18-16(28)6-13(7-22-18)14-8-23-17-15(14)9-24-19(27-17)25-10-20(21)4-5-20/h6-9,11H,4-5,10H2,1-3H3,(H2,23,24,25,27). The van der Waals surface area contributed by atoms with Crippen molar-refractivity contribution >= 4 is 28.1 Å². The summed E-state index contributed by atoms with van der Waals surface area (Å²) in [6, 6.07) is 2.41. The molecule has 4 heterocycles. The molecule has 8 heteroatoms. The monoisotopic (exact) mass is 379 g/mol. The molecule has 0 bridgehead atoms. The van der Waals surface area contributed by atoms with Gasteiger partial charge in [-0.3, -0.25) is 0 Å². The predicted octanol–water partition coefficient (Wildman–Crippen LogP) is 4.17. The first-order chi connectivity index (χ1) is 13.4. The molecule has 0 atom stereocenters. The van der Waals surface area contributed by atoms with Gasteiger partial charge in [0.25, 0.3) is 0 Å². The third kappa shape index (κ3) is 2.80. The van der Waals surface area contributed by atoms with Crippen molar-refractivity contribution < 1.29 is 4.39 Å². The number of aryl methyl sites for hydroxylation is 1. The number of H-pyrrole nitrogens is 1. The van der Waals surface area contributed by atoms with Crippen LogP contribution in [0.4, 0.5) is 10.3 Å².